The van der Waals surface area contributed by atoms with Crippen LogP contribution in [0, 0.1) is 0 Å². The van der Waals surface area contributed by atoms with Crippen LogP contribution in [-0.4, -0.2) is 59.7 Å². The van der Waals surface area contributed by atoms with Gasteiger partial charge in [-0.05, 0) is 49.4 Å². The van der Waals surface area contributed by atoms with Crippen molar-refractivity contribution in [3.05, 3.63) is 78.0 Å². The number of nitrogens with zero attached hydrogens (tertiary/aromatic N) is 5. The lowest BCUT2D eigenvalue weighted by atomic mass is 9.92. The fraction of sp³-hybridized carbons (Fsp3) is 0.400. The van der Waals surface area contributed by atoms with Gasteiger partial charge in [0, 0.05) is 36.8 Å². The molecule has 3 aromatic heterocycles. The molecule has 3 heterocycles. The first-order chi connectivity index (χ1) is 19.1. The third kappa shape index (κ3) is 5.06. The van der Waals surface area contributed by atoms with Gasteiger partial charge in [0.05, 0.1) is 12.1 Å². The van der Waals surface area contributed by atoms with Gasteiger partial charge in [-0.3, -0.25) is 4.79 Å². The summed E-state index contributed by atoms with van der Waals surface area (Å²) in [6.07, 6.45) is 10.1. The average molecular weight is 528 g/mol. The third-order valence-electron chi connectivity index (χ3n) is 7.89. The Morgan fingerprint density at radius 1 is 1.08 bits per heavy atom. The summed E-state index contributed by atoms with van der Waals surface area (Å²) in [7, 11) is 0. The van der Waals surface area contributed by atoms with Crippen LogP contribution < -0.4 is 4.74 Å². The molecule has 0 bridgehead atoms. The Balaban J connectivity index is 1.38. The molecule has 2 aliphatic carbocycles. The highest BCUT2D eigenvalue weighted by atomic mass is 16.5. The van der Waals surface area contributed by atoms with E-state index in [9.17, 15) is 15.0 Å². The van der Waals surface area contributed by atoms with Gasteiger partial charge in [0.15, 0.2) is 5.69 Å². The lowest BCUT2D eigenvalue weighted by Crippen LogP contribution is -2.37. The van der Waals surface area contributed by atoms with E-state index in [0.717, 1.165) is 55.1 Å². The molecule has 0 aliphatic heterocycles. The van der Waals surface area contributed by atoms with Crippen LogP contribution >= 0.6 is 0 Å². The van der Waals surface area contributed by atoms with Gasteiger partial charge in [0.25, 0.3) is 11.8 Å². The van der Waals surface area contributed by atoms with Gasteiger partial charge < -0.3 is 24.4 Å². The van der Waals surface area contributed by atoms with Gasteiger partial charge in [-0.2, -0.15) is 4.98 Å². The lowest BCUT2D eigenvalue weighted by Gasteiger charge is -2.31. The van der Waals surface area contributed by atoms with Gasteiger partial charge in [-0.25, -0.2) is 9.97 Å². The van der Waals surface area contributed by atoms with Crippen LogP contribution in [0.4, 0.5) is 0 Å². The zero-order chi connectivity index (χ0) is 26.8. The Morgan fingerprint density at radius 3 is 2.62 bits per heavy atom. The summed E-state index contributed by atoms with van der Waals surface area (Å²) in [4.78, 5) is 29.3. The van der Waals surface area contributed by atoms with Crippen molar-refractivity contribution < 1.29 is 19.7 Å². The molecule has 0 saturated heterocycles. The van der Waals surface area contributed by atoms with Crippen LogP contribution in [0.2, 0.25) is 0 Å². The zero-order valence-corrected chi connectivity index (χ0v) is 21.9. The van der Waals surface area contributed by atoms with Gasteiger partial charge in [0.1, 0.15) is 18.1 Å². The molecule has 0 spiro atoms. The summed E-state index contributed by atoms with van der Waals surface area (Å²) >= 11 is 0. The molecule has 9 heteroatoms. The molecule has 2 aliphatic rings. The maximum Gasteiger partial charge on any atom is 0.276 e. The summed E-state index contributed by atoms with van der Waals surface area (Å²) in [6, 6.07) is 15.7. The van der Waals surface area contributed by atoms with Crippen LogP contribution in [0.5, 0.6) is 11.6 Å². The molecule has 2 saturated carbocycles. The predicted octanol–water partition coefficient (Wildman–Crippen LogP) is 4.22. The minimum Gasteiger partial charge on any atom is -0.491 e. The van der Waals surface area contributed by atoms with Gasteiger partial charge in [0.2, 0.25) is 5.75 Å². The van der Waals surface area contributed by atoms with Gasteiger partial charge in [-0.15, -0.1) is 0 Å². The second-order valence-electron chi connectivity index (χ2n) is 10.6. The molecule has 202 valence electrons. The number of carbonyl (C=O) groups is 1. The lowest BCUT2D eigenvalue weighted by molar-refractivity contribution is 0.0694. The smallest absolute Gasteiger partial charge is 0.276 e. The minimum atomic E-state index is -0.359. The largest absolute Gasteiger partial charge is 0.491 e. The molecule has 0 unspecified atom stereocenters. The van der Waals surface area contributed by atoms with E-state index in [1.54, 1.807) is 11.1 Å². The Morgan fingerprint density at radius 2 is 1.87 bits per heavy atom. The number of hydrogen-bond acceptors (Lipinski definition) is 7. The predicted molar refractivity (Wildman–Crippen MR) is 145 cm³/mol. The van der Waals surface area contributed by atoms with E-state index >= 15 is 0 Å². The maximum atomic E-state index is 13.8. The minimum absolute atomic E-state index is 0.0234. The standard InChI is InChI=1S/C30H33N5O4/c36-18-17-34(23-10-11-23)29(38)25-26(39-20-21-7-2-1-3-8-21)28(37)33-24(32-25)19-30(13-4-5-14-30)35-16-12-22-9-6-15-31-27(22)35/h1-3,6-9,12,15-16,23,36H,4-5,10-11,13-14,17-20H2,(H,32,33,37). The average Bonchev–Trinajstić information content (AvgIpc) is 3.52. The number of aromatic hydroxyl groups is 1. The molecule has 1 amide bonds. The summed E-state index contributed by atoms with van der Waals surface area (Å²) < 4.78 is 8.20. The highest BCUT2D eigenvalue weighted by Gasteiger charge is 2.40. The molecule has 0 atom stereocenters. The molecule has 0 radical (unpaired) electrons. The first-order valence-corrected chi connectivity index (χ1v) is 13.7. The van der Waals surface area contributed by atoms with Crippen molar-refractivity contribution in [1.82, 2.24) is 24.4 Å². The van der Waals surface area contributed by atoms with E-state index in [-0.39, 0.29) is 54.6 Å². The number of amides is 1. The number of ether oxygens (including phenoxy) is 1. The number of hydrogen-bond donors (Lipinski definition) is 2. The Labute approximate surface area is 227 Å². The van der Waals surface area contributed by atoms with E-state index < -0.39 is 0 Å². The first kappa shape index (κ1) is 25.3. The number of fused-ring (bicyclic) bond motifs is 1. The topological polar surface area (TPSA) is 114 Å². The highest BCUT2D eigenvalue weighted by molar-refractivity contribution is 5.96. The van der Waals surface area contributed by atoms with Crippen LogP contribution in [0.3, 0.4) is 0 Å². The molecule has 6 rings (SSSR count). The van der Waals surface area contributed by atoms with Crippen LogP contribution in [-0.2, 0) is 18.6 Å². The number of aliphatic hydroxyl groups excluding tert-OH is 1. The number of carbonyl (C=O) groups excluding carboxylic acids is 1. The van der Waals surface area contributed by atoms with Crippen molar-refractivity contribution >= 4 is 16.9 Å². The molecule has 9 nitrogen and oxygen atoms in total. The first-order valence-electron chi connectivity index (χ1n) is 13.7. The summed E-state index contributed by atoms with van der Waals surface area (Å²) in [6.45, 7) is 0.210. The van der Waals surface area contributed by atoms with Crippen molar-refractivity contribution in [3.63, 3.8) is 0 Å². The SMILES string of the molecule is O=C(c1nc(CC2(n3ccc4cccnc43)CCCC2)nc(O)c1OCc1ccccc1)N(CCO)C1CC1. The van der Waals surface area contributed by atoms with Crippen LogP contribution in [0.25, 0.3) is 11.0 Å². The highest BCUT2D eigenvalue weighted by Crippen LogP contribution is 2.42. The number of pyridine rings is 1. The molecule has 2 N–H and O–H groups in total. The monoisotopic (exact) mass is 527 g/mol. The summed E-state index contributed by atoms with van der Waals surface area (Å²) in [5.41, 5.74) is 1.53. The van der Waals surface area contributed by atoms with Crippen molar-refractivity contribution in [2.75, 3.05) is 13.2 Å². The van der Waals surface area contributed by atoms with Crippen molar-refractivity contribution in [2.45, 2.75) is 63.1 Å². The second kappa shape index (κ2) is 10.6. The van der Waals surface area contributed by atoms with E-state index in [2.05, 4.69) is 26.8 Å². The van der Waals surface area contributed by atoms with Gasteiger partial charge in [-0.1, -0.05) is 43.2 Å². The van der Waals surface area contributed by atoms with Crippen LogP contribution in [0.1, 0.15) is 60.4 Å². The van der Waals surface area contributed by atoms with Crippen molar-refractivity contribution in [3.8, 4) is 11.6 Å². The number of benzene rings is 1. The maximum absolute atomic E-state index is 13.8. The van der Waals surface area contributed by atoms with E-state index in [1.165, 1.54) is 0 Å². The van der Waals surface area contributed by atoms with Crippen molar-refractivity contribution in [2.24, 2.45) is 0 Å². The number of aliphatic hydroxyl groups is 1. The van der Waals surface area contributed by atoms with Crippen molar-refractivity contribution in [1.29, 1.82) is 0 Å². The molecule has 4 aromatic rings. The molecule has 2 fully saturated rings. The molecule has 39 heavy (non-hydrogen) atoms. The fourth-order valence-corrected chi connectivity index (χ4v) is 5.83. The number of aromatic nitrogens is 4. The Bertz CT molecular complexity index is 1460. The van der Waals surface area contributed by atoms with E-state index in [1.807, 2.05) is 42.5 Å². The third-order valence-corrected chi connectivity index (χ3v) is 7.89. The van der Waals surface area contributed by atoms with Crippen LogP contribution in [0.15, 0.2) is 60.9 Å². The fourth-order valence-electron chi connectivity index (χ4n) is 5.83. The number of rotatable bonds is 10. The molecular formula is C30H33N5O4. The second-order valence-corrected chi connectivity index (χ2v) is 10.6. The zero-order valence-electron chi connectivity index (χ0n) is 21.9. The van der Waals surface area contributed by atoms with Gasteiger partial charge >= 0.3 is 0 Å². The summed E-state index contributed by atoms with van der Waals surface area (Å²) in [5, 5.41) is 21.8. The quantitative estimate of drug-likeness (QED) is 0.317. The Hall–Kier alpha value is -3.98. The van der Waals surface area contributed by atoms with E-state index in [4.69, 9.17) is 9.72 Å². The van der Waals surface area contributed by atoms with E-state index in [0.29, 0.717) is 12.2 Å². The Kier molecular flexibility index (Phi) is 6.91. The molecule has 1 aromatic carbocycles. The summed E-state index contributed by atoms with van der Waals surface area (Å²) in [5.74, 6) is -0.336. The molecular weight excluding hydrogens is 494 g/mol. The normalized spacial score (nSPS) is 16.4.